The van der Waals surface area contributed by atoms with Gasteiger partial charge in [0.2, 0.25) is 0 Å². The first-order valence-corrected chi connectivity index (χ1v) is 8.08. The standard InChI is InChI=1S/C16H21N3S/c1-11-7-12(2)18-16(15(11)8-17)19(14-3-4-14)9-13-5-6-20-10-13/h5-7,10,14H,3-4,8-9,17H2,1-2H3. The van der Waals surface area contributed by atoms with Crippen LogP contribution in [0.1, 0.15) is 35.2 Å². The molecule has 0 bridgehead atoms. The van der Waals surface area contributed by atoms with E-state index in [0.29, 0.717) is 12.6 Å². The van der Waals surface area contributed by atoms with Crippen molar-refractivity contribution in [3.8, 4) is 0 Å². The van der Waals surface area contributed by atoms with E-state index in [4.69, 9.17) is 10.7 Å². The van der Waals surface area contributed by atoms with Gasteiger partial charge < -0.3 is 10.6 Å². The number of aromatic nitrogens is 1. The Labute approximate surface area is 124 Å². The molecule has 0 amide bonds. The van der Waals surface area contributed by atoms with Crippen LogP contribution in [0.5, 0.6) is 0 Å². The maximum Gasteiger partial charge on any atom is 0.134 e. The summed E-state index contributed by atoms with van der Waals surface area (Å²) in [6, 6.07) is 4.96. The molecule has 4 heteroatoms. The number of nitrogens with zero attached hydrogens (tertiary/aromatic N) is 2. The van der Waals surface area contributed by atoms with E-state index < -0.39 is 0 Å². The number of anilines is 1. The lowest BCUT2D eigenvalue weighted by Gasteiger charge is -2.26. The van der Waals surface area contributed by atoms with Gasteiger partial charge in [0.15, 0.2) is 0 Å². The van der Waals surface area contributed by atoms with Crippen molar-refractivity contribution in [2.24, 2.45) is 5.73 Å². The average molecular weight is 287 g/mol. The summed E-state index contributed by atoms with van der Waals surface area (Å²) in [6.07, 6.45) is 2.53. The molecular weight excluding hydrogens is 266 g/mol. The molecule has 20 heavy (non-hydrogen) atoms. The normalized spacial score (nSPS) is 14.6. The van der Waals surface area contributed by atoms with Gasteiger partial charge in [-0.05, 0) is 60.7 Å². The molecule has 1 aliphatic carbocycles. The number of aryl methyl sites for hydroxylation is 2. The Morgan fingerprint density at radius 1 is 1.40 bits per heavy atom. The Balaban J connectivity index is 1.98. The molecule has 1 saturated carbocycles. The minimum atomic E-state index is 0.557. The van der Waals surface area contributed by atoms with Crippen molar-refractivity contribution in [1.29, 1.82) is 0 Å². The van der Waals surface area contributed by atoms with Crippen molar-refractivity contribution in [3.05, 3.63) is 45.3 Å². The Bertz CT molecular complexity index is 588. The van der Waals surface area contributed by atoms with E-state index in [1.807, 2.05) is 0 Å². The van der Waals surface area contributed by atoms with Gasteiger partial charge in [-0.25, -0.2) is 4.98 Å². The number of thiophene rings is 1. The molecule has 1 aliphatic rings. The number of hydrogen-bond acceptors (Lipinski definition) is 4. The van der Waals surface area contributed by atoms with Crippen LogP contribution in [0.15, 0.2) is 22.9 Å². The van der Waals surface area contributed by atoms with E-state index in [1.165, 1.54) is 29.5 Å². The van der Waals surface area contributed by atoms with Crippen molar-refractivity contribution in [3.63, 3.8) is 0 Å². The molecule has 0 saturated heterocycles. The third-order valence-corrected chi connectivity index (χ3v) is 4.58. The minimum absolute atomic E-state index is 0.557. The predicted octanol–water partition coefficient (Wildman–Crippen LogP) is 3.39. The molecule has 0 aromatic carbocycles. The van der Waals surface area contributed by atoms with Crippen LogP contribution in [0.3, 0.4) is 0 Å². The molecule has 2 N–H and O–H groups in total. The van der Waals surface area contributed by atoms with E-state index >= 15 is 0 Å². The summed E-state index contributed by atoms with van der Waals surface area (Å²) in [6.45, 7) is 5.70. The molecule has 2 aromatic rings. The zero-order valence-corrected chi connectivity index (χ0v) is 12.9. The molecule has 2 heterocycles. The van der Waals surface area contributed by atoms with Crippen molar-refractivity contribution >= 4 is 17.2 Å². The molecule has 0 spiro atoms. The van der Waals surface area contributed by atoms with Crippen LogP contribution in [0.25, 0.3) is 0 Å². The Morgan fingerprint density at radius 2 is 2.20 bits per heavy atom. The fraction of sp³-hybridized carbons (Fsp3) is 0.438. The van der Waals surface area contributed by atoms with Crippen molar-refractivity contribution < 1.29 is 0 Å². The smallest absolute Gasteiger partial charge is 0.134 e. The molecule has 0 radical (unpaired) electrons. The number of rotatable bonds is 5. The second-order valence-electron chi connectivity index (χ2n) is 5.58. The molecule has 0 atom stereocenters. The number of nitrogens with two attached hydrogens (primary N) is 1. The third-order valence-electron chi connectivity index (χ3n) is 3.85. The number of hydrogen-bond donors (Lipinski definition) is 1. The summed E-state index contributed by atoms with van der Waals surface area (Å²) >= 11 is 1.75. The summed E-state index contributed by atoms with van der Waals surface area (Å²) in [5, 5.41) is 4.36. The van der Waals surface area contributed by atoms with Gasteiger partial charge in [-0.3, -0.25) is 0 Å². The first kappa shape index (κ1) is 13.6. The van der Waals surface area contributed by atoms with Gasteiger partial charge in [0.25, 0.3) is 0 Å². The van der Waals surface area contributed by atoms with E-state index in [-0.39, 0.29) is 0 Å². The monoisotopic (exact) mass is 287 g/mol. The van der Waals surface area contributed by atoms with Crippen LogP contribution in [0.2, 0.25) is 0 Å². The van der Waals surface area contributed by atoms with Crippen molar-refractivity contribution in [1.82, 2.24) is 4.98 Å². The van der Waals surface area contributed by atoms with Crippen LogP contribution in [0, 0.1) is 13.8 Å². The summed E-state index contributed by atoms with van der Waals surface area (Å²) < 4.78 is 0. The van der Waals surface area contributed by atoms with Gasteiger partial charge in [-0.15, -0.1) is 0 Å². The van der Waals surface area contributed by atoms with Gasteiger partial charge in [0.1, 0.15) is 5.82 Å². The van der Waals surface area contributed by atoms with E-state index in [1.54, 1.807) is 11.3 Å². The van der Waals surface area contributed by atoms with E-state index in [2.05, 4.69) is 41.6 Å². The highest BCUT2D eigenvalue weighted by atomic mass is 32.1. The van der Waals surface area contributed by atoms with Gasteiger partial charge in [-0.2, -0.15) is 11.3 Å². The highest BCUT2D eigenvalue weighted by Crippen LogP contribution is 2.35. The minimum Gasteiger partial charge on any atom is -0.349 e. The Kier molecular flexibility index (Phi) is 3.76. The van der Waals surface area contributed by atoms with Gasteiger partial charge in [0.05, 0.1) is 0 Å². The van der Waals surface area contributed by atoms with Crippen LogP contribution < -0.4 is 10.6 Å². The molecule has 3 rings (SSSR count). The summed E-state index contributed by atoms with van der Waals surface area (Å²) in [7, 11) is 0. The van der Waals surface area contributed by atoms with Crippen LogP contribution in [-0.4, -0.2) is 11.0 Å². The summed E-state index contributed by atoms with van der Waals surface area (Å²) in [5.74, 6) is 1.10. The third kappa shape index (κ3) is 2.72. The quantitative estimate of drug-likeness (QED) is 0.916. The Morgan fingerprint density at radius 3 is 2.80 bits per heavy atom. The second kappa shape index (κ2) is 5.54. The van der Waals surface area contributed by atoms with Crippen LogP contribution in [0.4, 0.5) is 5.82 Å². The predicted molar refractivity (Wildman–Crippen MR) is 85.1 cm³/mol. The van der Waals surface area contributed by atoms with E-state index in [9.17, 15) is 0 Å². The first-order valence-electron chi connectivity index (χ1n) is 7.14. The lowest BCUT2D eigenvalue weighted by molar-refractivity contribution is 0.765. The van der Waals surface area contributed by atoms with Gasteiger partial charge in [0, 0.05) is 30.4 Å². The first-order chi connectivity index (χ1) is 9.69. The maximum atomic E-state index is 5.97. The largest absolute Gasteiger partial charge is 0.349 e. The molecule has 106 valence electrons. The van der Waals surface area contributed by atoms with Crippen LogP contribution in [-0.2, 0) is 13.1 Å². The van der Waals surface area contributed by atoms with Crippen molar-refractivity contribution in [2.75, 3.05) is 4.90 Å². The number of pyridine rings is 1. The maximum absolute atomic E-state index is 5.97. The summed E-state index contributed by atoms with van der Waals surface area (Å²) in [5.41, 5.74) is 10.9. The molecule has 0 unspecified atom stereocenters. The van der Waals surface area contributed by atoms with Crippen molar-refractivity contribution in [2.45, 2.75) is 45.8 Å². The van der Waals surface area contributed by atoms with Gasteiger partial charge >= 0.3 is 0 Å². The lowest BCUT2D eigenvalue weighted by atomic mass is 10.1. The van der Waals surface area contributed by atoms with Gasteiger partial charge in [-0.1, -0.05) is 0 Å². The fourth-order valence-corrected chi connectivity index (χ4v) is 3.34. The highest BCUT2D eigenvalue weighted by Gasteiger charge is 2.31. The second-order valence-corrected chi connectivity index (χ2v) is 6.36. The van der Waals surface area contributed by atoms with Crippen LogP contribution >= 0.6 is 11.3 Å². The molecular formula is C16H21N3S. The fourth-order valence-electron chi connectivity index (χ4n) is 2.68. The molecule has 0 aliphatic heterocycles. The zero-order valence-electron chi connectivity index (χ0n) is 12.1. The van der Waals surface area contributed by atoms with E-state index in [0.717, 1.165) is 18.1 Å². The lowest BCUT2D eigenvalue weighted by Crippen LogP contribution is -2.28. The SMILES string of the molecule is Cc1cc(C)c(CN)c(N(Cc2ccsc2)C2CC2)n1. The molecule has 1 fully saturated rings. The molecule has 2 aromatic heterocycles. The molecule has 3 nitrogen and oxygen atoms in total. The highest BCUT2D eigenvalue weighted by molar-refractivity contribution is 7.07. The average Bonchev–Trinajstić information content (AvgIpc) is 3.12. The topological polar surface area (TPSA) is 42.1 Å². The zero-order chi connectivity index (χ0) is 14.1. The summed E-state index contributed by atoms with van der Waals surface area (Å²) in [4.78, 5) is 7.24. The Hall–Kier alpha value is -1.39.